The predicted octanol–water partition coefficient (Wildman–Crippen LogP) is 3.32. The number of amides is 2. The minimum atomic E-state index is -3.72. The van der Waals surface area contributed by atoms with Crippen molar-refractivity contribution < 1.29 is 22.7 Å². The summed E-state index contributed by atoms with van der Waals surface area (Å²) in [4.78, 5) is 24.9. The van der Waals surface area contributed by atoms with Gasteiger partial charge in [-0.05, 0) is 44.2 Å². The van der Waals surface area contributed by atoms with Gasteiger partial charge in [-0.2, -0.15) is 0 Å². The van der Waals surface area contributed by atoms with E-state index in [0.717, 1.165) is 0 Å². The molecule has 0 spiro atoms. The van der Waals surface area contributed by atoms with E-state index in [0.29, 0.717) is 22.0 Å². The van der Waals surface area contributed by atoms with Gasteiger partial charge in [-0.3, -0.25) is 9.59 Å². The van der Waals surface area contributed by atoms with E-state index in [4.69, 9.17) is 4.74 Å². The fraction of sp³-hybridized carbons (Fsp3) is 0.300. The Morgan fingerprint density at radius 3 is 2.76 bits per heavy atom. The average molecular weight is 435 g/mol. The molecule has 1 aliphatic heterocycles. The molecule has 2 atom stereocenters. The van der Waals surface area contributed by atoms with Gasteiger partial charge in [0.2, 0.25) is 11.8 Å². The smallest absolute Gasteiger partial charge is 0.237 e. The van der Waals surface area contributed by atoms with Gasteiger partial charge >= 0.3 is 0 Å². The molecule has 0 aromatic heterocycles. The molecule has 0 saturated heterocycles. The van der Waals surface area contributed by atoms with Crippen molar-refractivity contribution in [3.05, 3.63) is 42.5 Å². The van der Waals surface area contributed by atoms with E-state index in [1.54, 1.807) is 43.3 Å². The Hall–Kier alpha value is -2.52. The minimum Gasteiger partial charge on any atom is -0.497 e. The summed E-state index contributed by atoms with van der Waals surface area (Å²) in [7, 11) is -2.19. The summed E-state index contributed by atoms with van der Waals surface area (Å²) in [5, 5.41) is 4.24. The molecule has 0 radical (unpaired) electrons. The van der Waals surface area contributed by atoms with E-state index in [9.17, 15) is 18.0 Å². The molecule has 2 unspecified atom stereocenters. The molecule has 2 aromatic rings. The first kappa shape index (κ1) is 21.2. The van der Waals surface area contributed by atoms with Crippen LogP contribution in [0.25, 0.3) is 0 Å². The van der Waals surface area contributed by atoms with E-state index in [-0.39, 0.29) is 22.5 Å². The normalized spacial score (nSPS) is 17.1. The van der Waals surface area contributed by atoms with Crippen molar-refractivity contribution in [2.75, 3.05) is 17.7 Å². The Bertz CT molecular complexity index is 1050. The first-order valence-corrected chi connectivity index (χ1v) is 11.4. The Kier molecular flexibility index (Phi) is 6.18. The second-order valence-corrected chi connectivity index (χ2v) is 10.5. The molecule has 2 aromatic carbocycles. The van der Waals surface area contributed by atoms with E-state index in [1.165, 1.54) is 31.9 Å². The van der Waals surface area contributed by atoms with Crippen LogP contribution in [0.1, 0.15) is 20.3 Å². The SMILES string of the molecule is COc1cccc(NC(=O)CC(C)S(=O)(=O)c2ccc3c(c2)SC(C)C(=O)N3)c1. The molecule has 2 amide bonds. The summed E-state index contributed by atoms with van der Waals surface area (Å²) >= 11 is 1.31. The van der Waals surface area contributed by atoms with Crippen LogP contribution >= 0.6 is 11.8 Å². The lowest BCUT2D eigenvalue weighted by molar-refractivity contribution is -0.116. The van der Waals surface area contributed by atoms with E-state index in [1.807, 2.05) is 0 Å². The van der Waals surface area contributed by atoms with Gasteiger partial charge in [-0.15, -0.1) is 11.8 Å². The molecular weight excluding hydrogens is 412 g/mol. The number of anilines is 2. The van der Waals surface area contributed by atoms with E-state index in [2.05, 4.69) is 10.6 Å². The number of carbonyl (C=O) groups is 2. The number of ether oxygens (including phenoxy) is 1. The lowest BCUT2D eigenvalue weighted by Crippen LogP contribution is -2.27. The van der Waals surface area contributed by atoms with Gasteiger partial charge < -0.3 is 15.4 Å². The van der Waals surface area contributed by atoms with Crippen LogP contribution in [-0.2, 0) is 19.4 Å². The Morgan fingerprint density at radius 2 is 2.03 bits per heavy atom. The monoisotopic (exact) mass is 434 g/mol. The van der Waals surface area contributed by atoms with Crippen molar-refractivity contribution in [3.8, 4) is 5.75 Å². The van der Waals surface area contributed by atoms with Crippen molar-refractivity contribution in [2.45, 2.75) is 40.6 Å². The molecular formula is C20H22N2O5S2. The highest BCUT2D eigenvalue weighted by molar-refractivity contribution is 8.01. The fourth-order valence-electron chi connectivity index (χ4n) is 2.87. The summed E-state index contributed by atoms with van der Waals surface area (Å²) in [5.74, 6) is 0.0830. The molecule has 0 fully saturated rings. The van der Waals surface area contributed by atoms with Gasteiger partial charge in [0.1, 0.15) is 5.75 Å². The summed E-state index contributed by atoms with van der Waals surface area (Å²) in [6.45, 7) is 3.27. The van der Waals surface area contributed by atoms with Crippen LogP contribution in [0.4, 0.5) is 11.4 Å². The fourth-order valence-corrected chi connectivity index (χ4v) is 5.31. The van der Waals surface area contributed by atoms with Gasteiger partial charge in [0, 0.05) is 23.1 Å². The summed E-state index contributed by atoms with van der Waals surface area (Å²) in [5.41, 5.74) is 1.13. The third-order valence-electron chi connectivity index (χ3n) is 4.57. The summed E-state index contributed by atoms with van der Waals surface area (Å²) in [6.07, 6.45) is -0.184. The maximum absolute atomic E-state index is 13.0. The number of benzene rings is 2. The van der Waals surface area contributed by atoms with Gasteiger partial charge in [0.25, 0.3) is 0 Å². The van der Waals surface area contributed by atoms with Crippen molar-refractivity contribution in [3.63, 3.8) is 0 Å². The van der Waals surface area contributed by atoms with E-state index >= 15 is 0 Å². The average Bonchev–Trinajstić information content (AvgIpc) is 2.68. The van der Waals surface area contributed by atoms with Gasteiger partial charge in [-0.25, -0.2) is 8.42 Å². The Morgan fingerprint density at radius 1 is 1.28 bits per heavy atom. The molecule has 1 heterocycles. The Labute approximate surface area is 174 Å². The predicted molar refractivity (Wildman–Crippen MR) is 113 cm³/mol. The lowest BCUT2D eigenvalue weighted by Gasteiger charge is -2.22. The highest BCUT2D eigenvalue weighted by atomic mass is 32.2. The van der Waals surface area contributed by atoms with Crippen LogP contribution in [0.15, 0.2) is 52.3 Å². The number of hydrogen-bond acceptors (Lipinski definition) is 6. The standard InChI is InChI=1S/C20H22N2O5S2/c1-12(9-19(23)21-14-5-4-6-15(10-14)27-3)29(25,26)16-7-8-17-18(11-16)28-13(2)20(24)22-17/h4-8,10-13H,9H2,1-3H3,(H,21,23)(H,22,24). The second kappa shape index (κ2) is 8.46. The zero-order chi connectivity index (χ0) is 21.2. The molecule has 0 bridgehead atoms. The molecule has 2 N–H and O–H groups in total. The zero-order valence-corrected chi connectivity index (χ0v) is 17.9. The maximum Gasteiger partial charge on any atom is 0.237 e. The van der Waals surface area contributed by atoms with Crippen LogP contribution in [0.2, 0.25) is 0 Å². The van der Waals surface area contributed by atoms with Crippen LogP contribution in [0.5, 0.6) is 5.75 Å². The Balaban J connectivity index is 1.73. The van der Waals surface area contributed by atoms with Crippen LogP contribution in [0.3, 0.4) is 0 Å². The summed E-state index contributed by atoms with van der Waals surface area (Å²) in [6, 6.07) is 11.5. The van der Waals surface area contributed by atoms with Crippen molar-refractivity contribution in [1.29, 1.82) is 0 Å². The first-order chi connectivity index (χ1) is 13.7. The number of nitrogens with one attached hydrogen (secondary N) is 2. The quantitative estimate of drug-likeness (QED) is 0.723. The van der Waals surface area contributed by atoms with Gasteiger partial charge in [0.15, 0.2) is 9.84 Å². The molecule has 154 valence electrons. The van der Waals surface area contributed by atoms with Crippen molar-refractivity contribution >= 4 is 44.8 Å². The third-order valence-corrected chi connectivity index (χ3v) is 7.86. The summed E-state index contributed by atoms with van der Waals surface area (Å²) < 4.78 is 31.0. The number of thioether (sulfide) groups is 1. The number of sulfone groups is 1. The molecule has 1 aliphatic rings. The van der Waals surface area contributed by atoms with Crippen LogP contribution in [-0.4, -0.2) is 37.8 Å². The number of carbonyl (C=O) groups excluding carboxylic acids is 2. The van der Waals surface area contributed by atoms with Gasteiger partial charge in [0.05, 0.1) is 28.2 Å². The number of rotatable bonds is 6. The maximum atomic E-state index is 13.0. The molecule has 0 saturated carbocycles. The molecule has 9 heteroatoms. The minimum absolute atomic E-state index is 0.110. The zero-order valence-electron chi connectivity index (χ0n) is 16.3. The topological polar surface area (TPSA) is 102 Å². The molecule has 7 nitrogen and oxygen atoms in total. The number of hydrogen-bond donors (Lipinski definition) is 2. The number of fused-ring (bicyclic) bond motifs is 1. The lowest BCUT2D eigenvalue weighted by atomic mass is 10.2. The molecule has 3 rings (SSSR count). The van der Waals surface area contributed by atoms with E-state index < -0.39 is 21.0 Å². The second-order valence-electron chi connectivity index (χ2n) is 6.75. The third kappa shape index (κ3) is 4.73. The molecule has 29 heavy (non-hydrogen) atoms. The first-order valence-electron chi connectivity index (χ1n) is 9.00. The largest absolute Gasteiger partial charge is 0.497 e. The van der Waals surface area contributed by atoms with Crippen LogP contribution in [0, 0.1) is 0 Å². The number of methoxy groups -OCH3 is 1. The van der Waals surface area contributed by atoms with Crippen LogP contribution < -0.4 is 15.4 Å². The van der Waals surface area contributed by atoms with Crippen molar-refractivity contribution in [2.24, 2.45) is 0 Å². The molecule has 0 aliphatic carbocycles. The highest BCUT2D eigenvalue weighted by Gasteiger charge is 2.29. The van der Waals surface area contributed by atoms with Gasteiger partial charge in [-0.1, -0.05) is 6.07 Å². The highest BCUT2D eigenvalue weighted by Crippen LogP contribution is 2.37. The van der Waals surface area contributed by atoms with Crippen molar-refractivity contribution in [1.82, 2.24) is 0 Å².